The van der Waals surface area contributed by atoms with Crippen LogP contribution in [0.15, 0.2) is 116 Å². The lowest BCUT2D eigenvalue weighted by atomic mass is 9.75. The van der Waals surface area contributed by atoms with Gasteiger partial charge in [0.15, 0.2) is 5.71 Å². The van der Waals surface area contributed by atoms with Gasteiger partial charge in [0.25, 0.3) is 50.6 Å². The summed E-state index contributed by atoms with van der Waals surface area (Å²) in [4.78, 5) is 9.95. The second kappa shape index (κ2) is 25.9. The Morgan fingerprint density at radius 2 is 1.12 bits per heavy atom. The standard InChI is InChI=1S/C52H64N2O21S5/c1-51(2)46(53(22-12-8-11-16-48(55)56)42-19-17-38-40(49(42)51)32-36(77(60,61)62)34-44(38)79(66,67)68)14-9-6-5-7-10-15-47-52(3,21-13-31-76(57,58)59)50-41-33-37(78(63,64)65)35-45(80(69,70)71)39(41)18-20-43(50)54(47)23-24-73-27-28-75-30-29-74-26-25-72-4/h5-7,9-10,14-15,17-20,32-35H,8,11-13,16,21-31H2,1-4H3,(H5-,55,56,57,58,59,60,61,62,63,64,65,66,67,68,69,70,71)/p+1. The summed E-state index contributed by atoms with van der Waals surface area (Å²) in [7, 11) is -23.1. The lowest BCUT2D eigenvalue weighted by molar-refractivity contribution is -0.438. The van der Waals surface area contributed by atoms with Crippen LogP contribution < -0.4 is 4.90 Å². The minimum Gasteiger partial charge on any atom is -0.481 e. The molecule has 0 saturated heterocycles. The van der Waals surface area contributed by atoms with Gasteiger partial charge in [0.2, 0.25) is 5.69 Å². The Bertz CT molecular complexity index is 3760. The van der Waals surface area contributed by atoms with Gasteiger partial charge in [-0.25, -0.2) is 0 Å². The summed E-state index contributed by atoms with van der Waals surface area (Å²) in [5.41, 5.74) is 0.682. The van der Waals surface area contributed by atoms with Gasteiger partial charge in [0.1, 0.15) is 16.3 Å². The van der Waals surface area contributed by atoms with Gasteiger partial charge in [0, 0.05) is 71.8 Å². The van der Waals surface area contributed by atoms with E-state index in [2.05, 4.69) is 0 Å². The fraction of sp³-hybridized carbons (Fsp3) is 0.423. The number of methoxy groups -OCH3 is 1. The molecule has 0 saturated carbocycles. The lowest BCUT2D eigenvalue weighted by Crippen LogP contribution is -2.31. The van der Waals surface area contributed by atoms with E-state index in [9.17, 15) is 74.8 Å². The van der Waals surface area contributed by atoms with Crippen molar-refractivity contribution in [2.75, 3.05) is 77.1 Å². The molecule has 0 amide bonds. The smallest absolute Gasteiger partial charge is 0.303 e. The predicted octanol–water partition coefficient (Wildman–Crippen LogP) is 6.70. The largest absolute Gasteiger partial charge is 0.481 e. The van der Waals surface area contributed by atoms with Crippen molar-refractivity contribution in [3.63, 3.8) is 0 Å². The second-order valence-electron chi connectivity index (χ2n) is 19.6. The molecule has 4 aromatic carbocycles. The van der Waals surface area contributed by atoms with Crippen LogP contribution in [-0.2, 0) is 85.2 Å². The third-order valence-corrected chi connectivity index (χ3v) is 18.0. The number of aliphatic carboxylic acids is 1. The number of hydrogen-bond acceptors (Lipinski definition) is 16. The average molecular weight is 1210 g/mol. The first-order chi connectivity index (χ1) is 37.3. The van der Waals surface area contributed by atoms with Crippen LogP contribution >= 0.6 is 0 Å². The number of unbranched alkanes of at least 4 members (excludes halogenated alkanes) is 2. The number of ether oxygens (including phenoxy) is 4. The first kappa shape index (κ1) is 63.9. The Labute approximate surface area is 465 Å². The Morgan fingerprint density at radius 1 is 0.600 bits per heavy atom. The molecule has 0 aliphatic carbocycles. The van der Waals surface area contributed by atoms with Crippen LogP contribution in [0.25, 0.3) is 21.5 Å². The van der Waals surface area contributed by atoms with Crippen molar-refractivity contribution in [3.8, 4) is 0 Å². The summed E-state index contributed by atoms with van der Waals surface area (Å²) in [5.74, 6) is -1.62. The topological polar surface area (TPSA) is 352 Å². The zero-order chi connectivity index (χ0) is 59.1. The Kier molecular flexibility index (Phi) is 20.7. The van der Waals surface area contributed by atoms with E-state index in [0.29, 0.717) is 98.3 Å². The lowest BCUT2D eigenvalue weighted by Gasteiger charge is -2.31. The molecule has 4 aromatic rings. The Hall–Kier alpha value is -5.31. The van der Waals surface area contributed by atoms with Gasteiger partial charge in [-0.05, 0) is 105 Å². The molecule has 28 heteroatoms. The second-order valence-corrected chi connectivity index (χ2v) is 26.8. The molecule has 6 rings (SSSR count). The fourth-order valence-electron chi connectivity index (χ4n) is 10.3. The van der Waals surface area contributed by atoms with Gasteiger partial charge in [-0.15, -0.1) is 0 Å². The van der Waals surface area contributed by atoms with Crippen LogP contribution in [0.3, 0.4) is 0 Å². The molecule has 1 atom stereocenters. The molecule has 1 unspecified atom stereocenters. The molecule has 23 nitrogen and oxygen atoms in total. The van der Waals surface area contributed by atoms with Gasteiger partial charge in [-0.1, -0.05) is 36.4 Å². The highest BCUT2D eigenvalue weighted by Crippen LogP contribution is 2.54. The van der Waals surface area contributed by atoms with E-state index in [4.69, 9.17) is 18.9 Å². The molecule has 80 heavy (non-hydrogen) atoms. The molecular weight excluding hydrogens is 1150 g/mol. The number of allylic oxidation sites excluding steroid dienone is 8. The predicted molar refractivity (Wildman–Crippen MR) is 296 cm³/mol. The first-order valence-corrected chi connectivity index (χ1v) is 32.4. The maximum absolute atomic E-state index is 12.8. The highest BCUT2D eigenvalue weighted by Gasteiger charge is 2.47. The quantitative estimate of drug-likeness (QED) is 0.0137. The number of benzene rings is 4. The summed E-state index contributed by atoms with van der Waals surface area (Å²) in [6.45, 7) is 7.79. The maximum atomic E-state index is 12.8. The highest BCUT2D eigenvalue weighted by atomic mass is 32.2. The highest BCUT2D eigenvalue weighted by molar-refractivity contribution is 7.87. The van der Waals surface area contributed by atoms with Crippen molar-refractivity contribution in [1.29, 1.82) is 0 Å². The van der Waals surface area contributed by atoms with Crippen molar-refractivity contribution in [3.05, 3.63) is 108 Å². The third-order valence-electron chi connectivity index (χ3n) is 13.7. The van der Waals surface area contributed by atoms with Crippen LogP contribution in [0, 0.1) is 0 Å². The van der Waals surface area contributed by atoms with Gasteiger partial charge >= 0.3 is 5.97 Å². The van der Waals surface area contributed by atoms with Crippen LogP contribution in [0.5, 0.6) is 0 Å². The molecule has 2 heterocycles. The summed E-state index contributed by atoms with van der Waals surface area (Å²) in [6.07, 6.45) is 13.1. The van der Waals surface area contributed by atoms with Crippen LogP contribution in [0.1, 0.15) is 70.4 Å². The van der Waals surface area contributed by atoms with E-state index < -0.39 is 92.7 Å². The van der Waals surface area contributed by atoms with E-state index in [-0.39, 0.29) is 67.2 Å². The number of carboxylic acid groups (broad SMARTS) is 1. The van der Waals surface area contributed by atoms with Gasteiger partial charge < -0.3 is 29.0 Å². The zero-order valence-corrected chi connectivity index (χ0v) is 48.3. The third kappa shape index (κ3) is 15.4. The monoisotopic (exact) mass is 1210 g/mol. The number of carbonyl (C=O) groups is 1. The van der Waals surface area contributed by atoms with Gasteiger partial charge in [-0.2, -0.15) is 46.7 Å². The molecule has 0 bridgehead atoms. The van der Waals surface area contributed by atoms with E-state index in [1.54, 1.807) is 68.7 Å². The van der Waals surface area contributed by atoms with E-state index in [1.165, 1.54) is 12.1 Å². The summed E-state index contributed by atoms with van der Waals surface area (Å²) >= 11 is 0. The van der Waals surface area contributed by atoms with Crippen LogP contribution in [0.4, 0.5) is 11.4 Å². The van der Waals surface area contributed by atoms with Gasteiger partial charge in [-0.3, -0.25) is 27.6 Å². The van der Waals surface area contributed by atoms with Crippen LogP contribution in [0.2, 0.25) is 0 Å². The molecule has 0 spiro atoms. The number of hydrogen-bond donors (Lipinski definition) is 6. The Balaban J connectivity index is 1.41. The summed E-state index contributed by atoms with van der Waals surface area (Å²) in [5, 5.41) is 9.25. The molecule has 6 N–H and O–H groups in total. The van der Waals surface area contributed by atoms with Gasteiger partial charge in [0.05, 0.1) is 67.2 Å². The number of anilines is 1. The summed E-state index contributed by atoms with van der Waals surface area (Å²) < 4.78 is 199. The molecule has 2 aliphatic rings. The molecule has 2 aliphatic heterocycles. The minimum absolute atomic E-state index is 0.00131. The van der Waals surface area contributed by atoms with E-state index in [1.807, 2.05) is 23.3 Å². The number of carboxylic acids is 1. The normalized spacial score (nSPS) is 17.6. The van der Waals surface area contributed by atoms with E-state index in [0.717, 1.165) is 12.1 Å². The van der Waals surface area contributed by atoms with Crippen molar-refractivity contribution in [2.45, 2.75) is 89.7 Å². The maximum Gasteiger partial charge on any atom is 0.303 e. The molecular formula is C52H65N2O21S5+. The summed E-state index contributed by atoms with van der Waals surface area (Å²) in [6, 6.07) is 9.51. The average Bonchev–Trinajstić information content (AvgIpc) is 3.71. The molecule has 0 radical (unpaired) electrons. The van der Waals surface area contributed by atoms with Crippen LogP contribution in [-0.4, -0.2) is 158 Å². The molecule has 0 fully saturated rings. The SMILES string of the molecule is COCCOCCOCCOCCN1/C(=C/C=C/C=C/C=C/C2=[N+](CCCCCC(=O)O)c3ccc4c(S(=O)(=O)O)cc(S(=O)(=O)O)cc4c3C2(C)C)C(C)(CCCS(=O)(=O)O)c2c1ccc1c(S(=O)(=O)O)cc(S(=O)(=O)O)cc21. The van der Waals surface area contributed by atoms with Crippen molar-refractivity contribution >= 4 is 95.2 Å². The number of rotatable bonds is 30. The van der Waals surface area contributed by atoms with Crippen molar-refractivity contribution < 1.29 is 98.3 Å². The minimum atomic E-state index is -5.11. The molecule has 438 valence electrons. The Morgan fingerprint density at radius 3 is 1.66 bits per heavy atom. The molecule has 0 aromatic heterocycles. The number of nitrogens with zero attached hydrogens (tertiary/aromatic N) is 2. The zero-order valence-electron chi connectivity index (χ0n) is 44.2. The first-order valence-electron chi connectivity index (χ1n) is 25.0. The number of fused-ring (bicyclic) bond motifs is 6. The van der Waals surface area contributed by atoms with Crippen molar-refractivity contribution in [1.82, 2.24) is 0 Å². The van der Waals surface area contributed by atoms with E-state index >= 15 is 0 Å². The fourth-order valence-corrected chi connectivity index (χ4v) is 13.4. The van der Waals surface area contributed by atoms with Crippen molar-refractivity contribution in [2.24, 2.45) is 0 Å².